The minimum absolute atomic E-state index is 0.0233. The number of rotatable bonds is 2. The van der Waals surface area contributed by atoms with Gasteiger partial charge in [-0.1, -0.05) is 6.07 Å². The molecule has 2 rings (SSSR count). The fourth-order valence-electron chi connectivity index (χ4n) is 1.30. The van der Waals surface area contributed by atoms with Crippen molar-refractivity contribution < 1.29 is 14.3 Å². The average molecular weight is 236 g/mol. The van der Waals surface area contributed by atoms with Crippen molar-refractivity contribution in [3.05, 3.63) is 35.4 Å². The van der Waals surface area contributed by atoms with E-state index in [1.807, 2.05) is 0 Å². The number of hydrogen-bond donors (Lipinski definition) is 3. The Morgan fingerprint density at radius 2 is 2.29 bits per heavy atom. The molecule has 0 aliphatic heterocycles. The Hall–Kier alpha value is -2.44. The van der Waals surface area contributed by atoms with Gasteiger partial charge in [-0.3, -0.25) is 15.2 Å². The maximum absolute atomic E-state index is 13.3. The zero-order valence-corrected chi connectivity index (χ0v) is 8.86. The van der Waals surface area contributed by atoms with E-state index in [1.54, 1.807) is 6.92 Å². The van der Waals surface area contributed by atoms with Crippen molar-refractivity contribution in [1.29, 1.82) is 0 Å². The number of nitrogens with one attached hydrogen (secondary N) is 2. The number of carbonyl (C=O) groups is 1. The topological polar surface area (TPSA) is 90.9 Å². The van der Waals surface area contributed by atoms with Crippen LogP contribution in [0.3, 0.4) is 0 Å². The van der Waals surface area contributed by atoms with Gasteiger partial charge in [-0.2, -0.15) is 4.98 Å². The monoisotopic (exact) mass is 236 g/mol. The van der Waals surface area contributed by atoms with Gasteiger partial charge in [0.25, 0.3) is 5.91 Å². The molecule has 1 aromatic heterocycles. The Labute approximate surface area is 95.5 Å². The molecule has 6 nitrogen and oxygen atoms in total. The maximum Gasteiger partial charge on any atom is 0.264 e. The SMILES string of the molecule is Cc1nc(NC(=O)c2c(O)cccc2F)n[nH]1. The summed E-state index contributed by atoms with van der Waals surface area (Å²) in [4.78, 5) is 15.5. The molecule has 0 saturated carbocycles. The number of aromatic nitrogens is 3. The molecule has 88 valence electrons. The first-order valence-electron chi connectivity index (χ1n) is 4.76. The third-order valence-electron chi connectivity index (χ3n) is 2.04. The molecule has 7 heteroatoms. The number of carbonyl (C=O) groups excluding carboxylic acids is 1. The highest BCUT2D eigenvalue weighted by Crippen LogP contribution is 2.20. The minimum Gasteiger partial charge on any atom is -0.507 e. The first-order valence-corrected chi connectivity index (χ1v) is 4.76. The van der Waals surface area contributed by atoms with Crippen molar-refractivity contribution in [2.45, 2.75) is 6.92 Å². The molecule has 0 saturated heterocycles. The van der Waals surface area contributed by atoms with Crippen LogP contribution in [0, 0.1) is 12.7 Å². The number of anilines is 1. The Balaban J connectivity index is 2.26. The van der Waals surface area contributed by atoms with Gasteiger partial charge >= 0.3 is 0 Å². The van der Waals surface area contributed by atoms with Crippen molar-refractivity contribution in [3.63, 3.8) is 0 Å². The fraction of sp³-hybridized carbons (Fsp3) is 0.100. The zero-order valence-electron chi connectivity index (χ0n) is 8.86. The van der Waals surface area contributed by atoms with Gasteiger partial charge in [-0.15, -0.1) is 5.10 Å². The van der Waals surface area contributed by atoms with Crippen molar-refractivity contribution in [2.24, 2.45) is 0 Å². The molecule has 0 fully saturated rings. The smallest absolute Gasteiger partial charge is 0.264 e. The summed E-state index contributed by atoms with van der Waals surface area (Å²) in [6, 6.07) is 3.61. The Kier molecular flexibility index (Phi) is 2.73. The van der Waals surface area contributed by atoms with Crippen LogP contribution in [0.4, 0.5) is 10.3 Å². The fourth-order valence-corrected chi connectivity index (χ4v) is 1.30. The van der Waals surface area contributed by atoms with Crippen molar-refractivity contribution in [3.8, 4) is 5.75 Å². The summed E-state index contributed by atoms with van der Waals surface area (Å²) in [7, 11) is 0. The molecule has 0 unspecified atom stereocenters. The molecule has 1 heterocycles. The van der Waals surface area contributed by atoms with Crippen molar-refractivity contribution >= 4 is 11.9 Å². The lowest BCUT2D eigenvalue weighted by molar-refractivity contribution is 0.101. The molecule has 1 aromatic carbocycles. The number of phenolic OH excluding ortho intramolecular Hbond substituents is 1. The number of halogens is 1. The van der Waals surface area contributed by atoms with E-state index in [0.29, 0.717) is 5.82 Å². The summed E-state index contributed by atoms with van der Waals surface area (Å²) in [6.45, 7) is 1.66. The largest absolute Gasteiger partial charge is 0.507 e. The summed E-state index contributed by atoms with van der Waals surface area (Å²) in [6.07, 6.45) is 0. The van der Waals surface area contributed by atoms with Crippen LogP contribution in [0.1, 0.15) is 16.2 Å². The van der Waals surface area contributed by atoms with Gasteiger partial charge in [0.2, 0.25) is 5.95 Å². The van der Waals surface area contributed by atoms with Crippen LogP contribution in [0.25, 0.3) is 0 Å². The van der Waals surface area contributed by atoms with E-state index in [0.717, 1.165) is 6.07 Å². The number of aryl methyl sites for hydroxylation is 1. The molecular weight excluding hydrogens is 227 g/mol. The Morgan fingerprint density at radius 3 is 2.88 bits per heavy atom. The first kappa shape index (κ1) is 11.1. The lowest BCUT2D eigenvalue weighted by Gasteiger charge is -2.04. The second-order valence-electron chi connectivity index (χ2n) is 3.33. The highest BCUT2D eigenvalue weighted by atomic mass is 19.1. The number of nitrogens with zero attached hydrogens (tertiary/aromatic N) is 2. The van der Waals surface area contributed by atoms with E-state index < -0.39 is 23.0 Å². The van der Waals surface area contributed by atoms with E-state index in [-0.39, 0.29) is 5.95 Å². The average Bonchev–Trinajstić information content (AvgIpc) is 2.63. The van der Waals surface area contributed by atoms with Crippen LogP contribution < -0.4 is 5.32 Å². The molecule has 0 bridgehead atoms. The van der Waals surface area contributed by atoms with Crippen LogP contribution in [0.2, 0.25) is 0 Å². The highest BCUT2D eigenvalue weighted by molar-refractivity contribution is 6.05. The van der Waals surface area contributed by atoms with E-state index in [1.165, 1.54) is 12.1 Å². The molecule has 0 atom stereocenters. The van der Waals surface area contributed by atoms with Gasteiger partial charge < -0.3 is 5.11 Å². The predicted molar refractivity (Wildman–Crippen MR) is 57.1 cm³/mol. The number of benzene rings is 1. The molecule has 0 aliphatic rings. The van der Waals surface area contributed by atoms with Gasteiger partial charge in [0.1, 0.15) is 23.0 Å². The van der Waals surface area contributed by atoms with Crippen molar-refractivity contribution in [1.82, 2.24) is 15.2 Å². The summed E-state index contributed by atoms with van der Waals surface area (Å²) in [5.41, 5.74) is -0.435. The summed E-state index contributed by atoms with van der Waals surface area (Å²) in [5, 5.41) is 17.9. The van der Waals surface area contributed by atoms with Crippen LogP contribution in [-0.4, -0.2) is 26.2 Å². The number of phenols is 1. The second-order valence-corrected chi connectivity index (χ2v) is 3.33. The van der Waals surface area contributed by atoms with Gasteiger partial charge in [0.15, 0.2) is 0 Å². The summed E-state index contributed by atoms with van der Waals surface area (Å²) >= 11 is 0. The van der Waals surface area contributed by atoms with Crippen LogP contribution in [0.5, 0.6) is 5.75 Å². The van der Waals surface area contributed by atoms with Gasteiger partial charge in [-0.25, -0.2) is 4.39 Å². The first-order chi connectivity index (χ1) is 8.08. The molecule has 0 radical (unpaired) electrons. The lowest BCUT2D eigenvalue weighted by atomic mass is 10.2. The van der Waals surface area contributed by atoms with Crippen LogP contribution >= 0.6 is 0 Å². The standard InChI is InChI=1S/C10H9FN4O2/c1-5-12-10(15-14-5)13-9(17)8-6(11)3-2-4-7(8)16/h2-4,16H,1H3,(H2,12,13,14,15,17). The molecule has 0 aliphatic carbocycles. The summed E-state index contributed by atoms with van der Waals surface area (Å²) in [5.74, 6) is -1.52. The van der Waals surface area contributed by atoms with Gasteiger partial charge in [0.05, 0.1) is 0 Å². The van der Waals surface area contributed by atoms with Gasteiger partial charge in [-0.05, 0) is 19.1 Å². The third-order valence-corrected chi connectivity index (χ3v) is 2.04. The number of aromatic amines is 1. The highest BCUT2D eigenvalue weighted by Gasteiger charge is 2.17. The number of hydrogen-bond acceptors (Lipinski definition) is 4. The summed E-state index contributed by atoms with van der Waals surface area (Å²) < 4.78 is 13.3. The maximum atomic E-state index is 13.3. The van der Waals surface area contributed by atoms with E-state index in [4.69, 9.17) is 0 Å². The van der Waals surface area contributed by atoms with E-state index >= 15 is 0 Å². The quantitative estimate of drug-likeness (QED) is 0.730. The van der Waals surface area contributed by atoms with Crippen molar-refractivity contribution in [2.75, 3.05) is 5.32 Å². The normalized spacial score (nSPS) is 10.2. The van der Waals surface area contributed by atoms with E-state index in [9.17, 15) is 14.3 Å². The third kappa shape index (κ3) is 2.22. The second kappa shape index (κ2) is 4.20. The lowest BCUT2D eigenvalue weighted by Crippen LogP contribution is -2.15. The number of H-pyrrole nitrogens is 1. The van der Waals surface area contributed by atoms with Crippen LogP contribution in [0.15, 0.2) is 18.2 Å². The van der Waals surface area contributed by atoms with E-state index in [2.05, 4.69) is 20.5 Å². The minimum atomic E-state index is -0.810. The molecule has 0 spiro atoms. The molecule has 3 N–H and O–H groups in total. The number of amides is 1. The Bertz CT molecular complexity index is 547. The Morgan fingerprint density at radius 1 is 1.53 bits per heavy atom. The molecule has 1 amide bonds. The number of aromatic hydroxyl groups is 1. The molecule has 2 aromatic rings. The zero-order chi connectivity index (χ0) is 12.4. The predicted octanol–water partition coefficient (Wildman–Crippen LogP) is 1.21. The van der Waals surface area contributed by atoms with Crippen LogP contribution in [-0.2, 0) is 0 Å². The van der Waals surface area contributed by atoms with Gasteiger partial charge in [0, 0.05) is 0 Å². The molecule has 17 heavy (non-hydrogen) atoms. The molecular formula is C10H9FN4O2.